The van der Waals surface area contributed by atoms with Crippen LogP contribution in [0.5, 0.6) is 0 Å². The van der Waals surface area contributed by atoms with Crippen molar-refractivity contribution in [2.45, 2.75) is 6.42 Å². The molecule has 1 atom stereocenters. The van der Waals surface area contributed by atoms with E-state index in [0.29, 0.717) is 0 Å². The van der Waals surface area contributed by atoms with E-state index in [4.69, 9.17) is 9.47 Å². The molecule has 0 aromatic carbocycles. The molecule has 88 valence electrons. The van der Waals surface area contributed by atoms with Crippen LogP contribution >= 0.6 is 0 Å². The van der Waals surface area contributed by atoms with Crippen LogP contribution in [-0.4, -0.2) is 64.1 Å². The second-order valence-corrected chi connectivity index (χ2v) is 4.39. The van der Waals surface area contributed by atoms with Crippen molar-refractivity contribution in [3.8, 4) is 0 Å². The minimum absolute atomic E-state index is 0.745. The molecule has 2 heterocycles. The fourth-order valence-electron chi connectivity index (χ4n) is 2.11. The average molecular weight is 214 g/mol. The van der Waals surface area contributed by atoms with Crippen molar-refractivity contribution in [1.82, 2.24) is 10.2 Å². The van der Waals surface area contributed by atoms with E-state index in [2.05, 4.69) is 10.2 Å². The van der Waals surface area contributed by atoms with Crippen molar-refractivity contribution in [2.24, 2.45) is 5.92 Å². The molecule has 0 radical (unpaired) electrons. The predicted molar refractivity (Wildman–Crippen MR) is 59.1 cm³/mol. The fourth-order valence-corrected chi connectivity index (χ4v) is 2.11. The Bertz CT molecular complexity index is 166. The Morgan fingerprint density at radius 2 is 2.00 bits per heavy atom. The molecule has 2 aliphatic heterocycles. The summed E-state index contributed by atoms with van der Waals surface area (Å²) < 4.78 is 10.6. The summed E-state index contributed by atoms with van der Waals surface area (Å²) in [4.78, 5) is 2.46. The normalized spacial score (nSPS) is 28.4. The first kappa shape index (κ1) is 11.3. The van der Waals surface area contributed by atoms with E-state index in [1.165, 1.54) is 6.42 Å². The van der Waals surface area contributed by atoms with Gasteiger partial charge in [0, 0.05) is 39.3 Å². The van der Waals surface area contributed by atoms with Crippen LogP contribution in [0.4, 0.5) is 0 Å². The standard InChI is InChI=1S/C11H22N2O2/c1-6-15-10-11(1)9-12-2-3-13-4-7-14-8-5-13/h11-12H,1-10H2. The van der Waals surface area contributed by atoms with Crippen LogP contribution in [0.1, 0.15) is 6.42 Å². The van der Waals surface area contributed by atoms with Crippen molar-refractivity contribution in [3.05, 3.63) is 0 Å². The maximum atomic E-state index is 5.34. The Labute approximate surface area is 91.9 Å². The van der Waals surface area contributed by atoms with Gasteiger partial charge in [0.1, 0.15) is 0 Å². The summed E-state index contributed by atoms with van der Waals surface area (Å²) in [6.07, 6.45) is 1.23. The van der Waals surface area contributed by atoms with E-state index in [1.54, 1.807) is 0 Å². The van der Waals surface area contributed by atoms with Gasteiger partial charge < -0.3 is 14.8 Å². The molecule has 0 amide bonds. The third kappa shape index (κ3) is 4.07. The van der Waals surface area contributed by atoms with Gasteiger partial charge in [-0.15, -0.1) is 0 Å². The van der Waals surface area contributed by atoms with E-state index in [-0.39, 0.29) is 0 Å². The molecule has 0 saturated carbocycles. The van der Waals surface area contributed by atoms with Gasteiger partial charge in [-0.1, -0.05) is 0 Å². The van der Waals surface area contributed by atoms with E-state index in [9.17, 15) is 0 Å². The van der Waals surface area contributed by atoms with E-state index in [1.807, 2.05) is 0 Å². The molecule has 0 spiro atoms. The van der Waals surface area contributed by atoms with Gasteiger partial charge in [0.05, 0.1) is 19.8 Å². The van der Waals surface area contributed by atoms with Crippen LogP contribution < -0.4 is 5.32 Å². The SMILES string of the molecule is C(CN1CCOCC1)NCC1CCOC1. The van der Waals surface area contributed by atoms with Gasteiger partial charge >= 0.3 is 0 Å². The zero-order valence-electron chi connectivity index (χ0n) is 9.41. The van der Waals surface area contributed by atoms with E-state index in [0.717, 1.165) is 65.1 Å². The highest BCUT2D eigenvalue weighted by Crippen LogP contribution is 2.10. The molecule has 4 nitrogen and oxygen atoms in total. The third-order valence-corrected chi connectivity index (χ3v) is 3.17. The Morgan fingerprint density at radius 1 is 1.13 bits per heavy atom. The Kier molecular flexibility index (Phi) is 4.86. The highest BCUT2D eigenvalue weighted by atomic mass is 16.5. The molecule has 15 heavy (non-hydrogen) atoms. The van der Waals surface area contributed by atoms with Crippen molar-refractivity contribution in [3.63, 3.8) is 0 Å². The molecule has 2 fully saturated rings. The molecule has 0 aromatic rings. The second kappa shape index (κ2) is 6.43. The molecule has 1 N–H and O–H groups in total. The molecule has 0 bridgehead atoms. The summed E-state index contributed by atoms with van der Waals surface area (Å²) >= 11 is 0. The molecule has 0 aromatic heterocycles. The molecule has 2 rings (SSSR count). The largest absolute Gasteiger partial charge is 0.381 e. The Balaban J connectivity index is 1.47. The number of rotatable bonds is 5. The van der Waals surface area contributed by atoms with Crippen LogP contribution in [-0.2, 0) is 9.47 Å². The maximum absolute atomic E-state index is 5.34. The third-order valence-electron chi connectivity index (χ3n) is 3.17. The van der Waals surface area contributed by atoms with Gasteiger partial charge in [-0.2, -0.15) is 0 Å². The first-order chi connectivity index (χ1) is 7.45. The van der Waals surface area contributed by atoms with E-state index >= 15 is 0 Å². The second-order valence-electron chi connectivity index (χ2n) is 4.39. The average Bonchev–Trinajstić information content (AvgIpc) is 2.79. The van der Waals surface area contributed by atoms with Crippen molar-refractivity contribution < 1.29 is 9.47 Å². The summed E-state index contributed by atoms with van der Waals surface area (Å²) in [5.41, 5.74) is 0. The minimum Gasteiger partial charge on any atom is -0.381 e. The van der Waals surface area contributed by atoms with Crippen LogP contribution in [0, 0.1) is 5.92 Å². The summed E-state index contributed by atoms with van der Waals surface area (Å²) in [6, 6.07) is 0. The lowest BCUT2D eigenvalue weighted by Gasteiger charge is -2.26. The summed E-state index contributed by atoms with van der Waals surface area (Å²) in [5.74, 6) is 0.745. The smallest absolute Gasteiger partial charge is 0.0594 e. The number of nitrogens with zero attached hydrogens (tertiary/aromatic N) is 1. The molecule has 4 heteroatoms. The molecule has 1 unspecified atom stereocenters. The van der Waals surface area contributed by atoms with Gasteiger partial charge in [-0.25, -0.2) is 0 Å². The summed E-state index contributed by atoms with van der Waals surface area (Å²) in [5, 5.41) is 3.51. The van der Waals surface area contributed by atoms with Crippen LogP contribution in [0.3, 0.4) is 0 Å². The lowest BCUT2D eigenvalue weighted by atomic mass is 10.1. The number of morpholine rings is 1. The van der Waals surface area contributed by atoms with Gasteiger partial charge in [0.2, 0.25) is 0 Å². The zero-order chi connectivity index (χ0) is 10.3. The maximum Gasteiger partial charge on any atom is 0.0594 e. The highest BCUT2D eigenvalue weighted by Gasteiger charge is 2.15. The molecule has 2 aliphatic rings. The number of nitrogens with one attached hydrogen (secondary N) is 1. The summed E-state index contributed by atoms with van der Waals surface area (Å²) in [7, 11) is 0. The Hall–Kier alpha value is -0.160. The zero-order valence-corrected chi connectivity index (χ0v) is 9.41. The monoisotopic (exact) mass is 214 g/mol. The van der Waals surface area contributed by atoms with Gasteiger partial charge in [-0.3, -0.25) is 4.90 Å². The number of hydrogen-bond acceptors (Lipinski definition) is 4. The topological polar surface area (TPSA) is 33.7 Å². The first-order valence-corrected chi connectivity index (χ1v) is 6.04. The number of hydrogen-bond donors (Lipinski definition) is 1. The fraction of sp³-hybridized carbons (Fsp3) is 1.00. The van der Waals surface area contributed by atoms with Gasteiger partial charge in [0.15, 0.2) is 0 Å². The van der Waals surface area contributed by atoms with Crippen molar-refractivity contribution in [1.29, 1.82) is 0 Å². The first-order valence-electron chi connectivity index (χ1n) is 6.04. The van der Waals surface area contributed by atoms with Crippen LogP contribution in [0.15, 0.2) is 0 Å². The number of ether oxygens (including phenoxy) is 2. The lowest BCUT2D eigenvalue weighted by molar-refractivity contribution is 0.0383. The van der Waals surface area contributed by atoms with E-state index < -0.39 is 0 Å². The molecule has 0 aliphatic carbocycles. The molecule has 2 saturated heterocycles. The van der Waals surface area contributed by atoms with Crippen molar-refractivity contribution >= 4 is 0 Å². The molecular weight excluding hydrogens is 192 g/mol. The quantitative estimate of drug-likeness (QED) is 0.650. The minimum atomic E-state index is 0.745. The Morgan fingerprint density at radius 3 is 2.73 bits per heavy atom. The lowest BCUT2D eigenvalue weighted by Crippen LogP contribution is -2.41. The summed E-state index contributed by atoms with van der Waals surface area (Å²) in [6.45, 7) is 9.24. The van der Waals surface area contributed by atoms with Gasteiger partial charge in [-0.05, 0) is 12.3 Å². The van der Waals surface area contributed by atoms with Crippen LogP contribution in [0.2, 0.25) is 0 Å². The van der Waals surface area contributed by atoms with Crippen molar-refractivity contribution in [2.75, 3.05) is 59.2 Å². The molecular formula is C11H22N2O2. The van der Waals surface area contributed by atoms with Gasteiger partial charge in [0.25, 0.3) is 0 Å². The highest BCUT2D eigenvalue weighted by molar-refractivity contribution is 4.68. The predicted octanol–water partition coefficient (Wildman–Crippen LogP) is -0.0553. The van der Waals surface area contributed by atoms with Crippen LogP contribution in [0.25, 0.3) is 0 Å².